The summed E-state index contributed by atoms with van der Waals surface area (Å²) in [5.74, 6) is 0.714. The third-order valence-electron chi connectivity index (χ3n) is 6.18. The van der Waals surface area contributed by atoms with E-state index in [1.165, 1.54) is 6.08 Å². The van der Waals surface area contributed by atoms with Gasteiger partial charge in [0.25, 0.3) is 0 Å². The van der Waals surface area contributed by atoms with Crippen LogP contribution in [0.25, 0.3) is 22.2 Å². The van der Waals surface area contributed by atoms with E-state index in [1.54, 1.807) is 13.3 Å². The van der Waals surface area contributed by atoms with Gasteiger partial charge in [-0.1, -0.05) is 24.8 Å². The maximum absolute atomic E-state index is 12.2. The second-order valence-corrected chi connectivity index (χ2v) is 8.52. The van der Waals surface area contributed by atoms with Gasteiger partial charge >= 0.3 is 0 Å². The highest BCUT2D eigenvalue weighted by molar-refractivity contribution is 6.02. The number of amides is 1. The molecule has 0 saturated heterocycles. The van der Waals surface area contributed by atoms with Crippen LogP contribution in [0.4, 0.5) is 23.0 Å². The minimum absolute atomic E-state index is 0.301. The standard InChI is InChI=1S/C28H33N7O2/c1-6-27(36)31-22-16-23(26(37-5)17-25(22)34(4)15-14-29-3)33-28-30-13-12-21(32-28)20-18-35(7-2)24-11-9-8-10-19(20)24/h6,8-13,16-18,29H,1,7,14-15H2,2-5H3,(H,31,36)(H,30,32,33). The predicted octanol–water partition coefficient (Wildman–Crippen LogP) is 4.65. The average Bonchev–Trinajstić information content (AvgIpc) is 3.31. The summed E-state index contributed by atoms with van der Waals surface area (Å²) in [6.45, 7) is 8.08. The zero-order valence-electron chi connectivity index (χ0n) is 21.7. The van der Waals surface area contributed by atoms with E-state index in [2.05, 4.69) is 57.3 Å². The summed E-state index contributed by atoms with van der Waals surface area (Å²) in [5, 5.41) is 10.5. The summed E-state index contributed by atoms with van der Waals surface area (Å²) < 4.78 is 7.90. The number of likely N-dealkylation sites (N-methyl/N-ethyl adjacent to an activating group) is 2. The highest BCUT2D eigenvalue weighted by Gasteiger charge is 2.17. The molecule has 2 aromatic heterocycles. The number of carbonyl (C=O) groups excluding carboxylic acids is 1. The Kier molecular flexibility index (Phi) is 8.05. The molecule has 0 fully saturated rings. The quantitative estimate of drug-likeness (QED) is 0.259. The number of hydrogen-bond donors (Lipinski definition) is 3. The highest BCUT2D eigenvalue weighted by Crippen LogP contribution is 2.38. The molecular weight excluding hydrogens is 466 g/mol. The fraction of sp³-hybridized carbons (Fsp3) is 0.250. The summed E-state index contributed by atoms with van der Waals surface area (Å²) in [6, 6.07) is 13.9. The lowest BCUT2D eigenvalue weighted by atomic mass is 10.1. The fourth-order valence-corrected chi connectivity index (χ4v) is 4.24. The number of anilines is 4. The van der Waals surface area contributed by atoms with Gasteiger partial charge in [-0.25, -0.2) is 9.97 Å². The van der Waals surface area contributed by atoms with E-state index in [-0.39, 0.29) is 5.91 Å². The Balaban J connectivity index is 1.72. The summed E-state index contributed by atoms with van der Waals surface area (Å²) in [6.07, 6.45) is 5.10. The molecule has 1 amide bonds. The fourth-order valence-electron chi connectivity index (χ4n) is 4.24. The van der Waals surface area contributed by atoms with Crippen molar-refractivity contribution >= 4 is 39.8 Å². The first kappa shape index (κ1) is 25.7. The van der Waals surface area contributed by atoms with Gasteiger partial charge in [0, 0.05) is 61.6 Å². The molecule has 2 heterocycles. The van der Waals surface area contributed by atoms with Gasteiger partial charge in [0.2, 0.25) is 11.9 Å². The van der Waals surface area contributed by atoms with E-state index in [0.717, 1.165) is 47.5 Å². The summed E-state index contributed by atoms with van der Waals surface area (Å²) in [4.78, 5) is 23.5. The topological polar surface area (TPSA) is 96.3 Å². The Labute approximate surface area is 217 Å². The van der Waals surface area contributed by atoms with E-state index in [1.807, 2.05) is 49.3 Å². The maximum Gasteiger partial charge on any atom is 0.247 e. The van der Waals surface area contributed by atoms with Crippen molar-refractivity contribution in [1.82, 2.24) is 19.9 Å². The summed E-state index contributed by atoms with van der Waals surface area (Å²) in [7, 11) is 5.47. The van der Waals surface area contributed by atoms with Crippen molar-refractivity contribution in [3.63, 3.8) is 0 Å². The van der Waals surface area contributed by atoms with E-state index >= 15 is 0 Å². The van der Waals surface area contributed by atoms with Gasteiger partial charge in [0.1, 0.15) is 5.75 Å². The Hall–Kier alpha value is -4.37. The lowest BCUT2D eigenvalue weighted by molar-refractivity contribution is -0.111. The number of rotatable bonds is 11. The molecule has 2 aromatic carbocycles. The molecule has 0 spiro atoms. The molecule has 0 saturated carbocycles. The first-order valence-corrected chi connectivity index (χ1v) is 12.2. The van der Waals surface area contributed by atoms with Crippen LogP contribution < -0.4 is 25.6 Å². The second kappa shape index (κ2) is 11.6. The number of nitrogens with one attached hydrogen (secondary N) is 3. The van der Waals surface area contributed by atoms with Gasteiger partial charge in [-0.3, -0.25) is 4.79 Å². The lowest BCUT2D eigenvalue weighted by Gasteiger charge is -2.24. The summed E-state index contributed by atoms with van der Waals surface area (Å²) >= 11 is 0. The number of methoxy groups -OCH3 is 1. The molecule has 37 heavy (non-hydrogen) atoms. The largest absolute Gasteiger partial charge is 0.494 e. The normalized spacial score (nSPS) is 10.8. The molecule has 0 unspecified atom stereocenters. The molecule has 0 aliphatic rings. The zero-order chi connectivity index (χ0) is 26.4. The number of aromatic nitrogens is 3. The second-order valence-electron chi connectivity index (χ2n) is 8.52. The highest BCUT2D eigenvalue weighted by atomic mass is 16.5. The van der Waals surface area contributed by atoms with Crippen LogP contribution in [-0.4, -0.2) is 54.7 Å². The molecule has 0 atom stereocenters. The SMILES string of the molecule is C=CC(=O)Nc1cc(Nc2nccc(-c3cn(CC)c4ccccc34)n2)c(OC)cc1N(C)CCNC. The summed E-state index contributed by atoms with van der Waals surface area (Å²) in [5.41, 5.74) is 5.07. The lowest BCUT2D eigenvalue weighted by Crippen LogP contribution is -2.28. The van der Waals surface area contributed by atoms with Crippen LogP contribution in [0.1, 0.15) is 6.92 Å². The molecule has 9 nitrogen and oxygen atoms in total. The van der Waals surface area contributed by atoms with E-state index < -0.39 is 0 Å². The first-order valence-electron chi connectivity index (χ1n) is 12.2. The molecule has 9 heteroatoms. The van der Waals surface area contributed by atoms with Gasteiger partial charge in [-0.2, -0.15) is 0 Å². The zero-order valence-corrected chi connectivity index (χ0v) is 21.7. The minimum atomic E-state index is -0.301. The molecule has 192 valence electrons. The molecule has 0 aliphatic heterocycles. The minimum Gasteiger partial charge on any atom is -0.494 e. The number of nitrogens with zero attached hydrogens (tertiary/aromatic N) is 4. The van der Waals surface area contributed by atoms with Crippen LogP contribution in [0, 0.1) is 0 Å². The first-order chi connectivity index (χ1) is 18.0. The van der Waals surface area contributed by atoms with Crippen LogP contribution in [0.15, 0.2) is 67.5 Å². The van der Waals surface area contributed by atoms with Crippen molar-refractivity contribution in [1.29, 1.82) is 0 Å². The predicted molar refractivity (Wildman–Crippen MR) is 151 cm³/mol. The molecule has 0 radical (unpaired) electrons. The van der Waals surface area contributed by atoms with Crippen molar-refractivity contribution in [2.75, 3.05) is 49.8 Å². The number of hydrogen-bond acceptors (Lipinski definition) is 7. The van der Waals surface area contributed by atoms with Gasteiger partial charge in [0.15, 0.2) is 0 Å². The third-order valence-corrected chi connectivity index (χ3v) is 6.18. The van der Waals surface area contributed by atoms with Gasteiger partial charge in [-0.15, -0.1) is 0 Å². The number of aryl methyl sites for hydroxylation is 1. The van der Waals surface area contributed by atoms with Crippen molar-refractivity contribution in [3.05, 3.63) is 67.5 Å². The Morgan fingerprint density at radius 3 is 2.76 bits per heavy atom. The van der Waals surface area contributed by atoms with Crippen LogP contribution in [0.5, 0.6) is 5.75 Å². The molecule has 4 rings (SSSR count). The van der Waals surface area contributed by atoms with Crippen LogP contribution >= 0.6 is 0 Å². The molecule has 4 aromatic rings. The van der Waals surface area contributed by atoms with Crippen molar-refractivity contribution in [2.24, 2.45) is 0 Å². The average molecular weight is 500 g/mol. The smallest absolute Gasteiger partial charge is 0.247 e. The van der Waals surface area contributed by atoms with Crippen molar-refractivity contribution in [2.45, 2.75) is 13.5 Å². The monoisotopic (exact) mass is 499 g/mol. The van der Waals surface area contributed by atoms with Crippen LogP contribution in [0.2, 0.25) is 0 Å². The van der Waals surface area contributed by atoms with Crippen molar-refractivity contribution < 1.29 is 9.53 Å². The van der Waals surface area contributed by atoms with E-state index in [9.17, 15) is 4.79 Å². The molecule has 0 aliphatic carbocycles. The van der Waals surface area contributed by atoms with Gasteiger partial charge in [-0.05, 0) is 38.2 Å². The molecule has 3 N–H and O–H groups in total. The van der Waals surface area contributed by atoms with E-state index in [4.69, 9.17) is 9.72 Å². The van der Waals surface area contributed by atoms with Gasteiger partial charge < -0.3 is 30.2 Å². The number of ether oxygens (including phenoxy) is 1. The third kappa shape index (κ3) is 5.57. The Morgan fingerprint density at radius 1 is 1.22 bits per heavy atom. The Morgan fingerprint density at radius 2 is 2.03 bits per heavy atom. The van der Waals surface area contributed by atoms with E-state index in [0.29, 0.717) is 23.1 Å². The molecule has 0 bridgehead atoms. The number of benzene rings is 2. The Bertz CT molecular complexity index is 1410. The maximum atomic E-state index is 12.2. The number of para-hydroxylation sites is 1. The molecular formula is C28H33N7O2. The number of carbonyl (C=O) groups is 1. The van der Waals surface area contributed by atoms with Crippen LogP contribution in [-0.2, 0) is 11.3 Å². The van der Waals surface area contributed by atoms with Gasteiger partial charge in [0.05, 0.1) is 29.9 Å². The van der Waals surface area contributed by atoms with Crippen molar-refractivity contribution in [3.8, 4) is 17.0 Å². The van der Waals surface area contributed by atoms with Crippen LogP contribution in [0.3, 0.4) is 0 Å². The number of fused-ring (bicyclic) bond motifs is 1.